The van der Waals surface area contributed by atoms with Crippen LogP contribution in [0.1, 0.15) is 40.4 Å². The first-order valence-corrected chi connectivity index (χ1v) is 10.5. The van der Waals surface area contributed by atoms with E-state index >= 15 is 0 Å². The molecule has 1 N–H and O–H groups in total. The van der Waals surface area contributed by atoms with Gasteiger partial charge in [-0.1, -0.05) is 12.1 Å². The number of furan rings is 1. The normalized spacial score (nSPS) is 11.3. The molecule has 4 aromatic heterocycles. The third-order valence-electron chi connectivity index (χ3n) is 5.34. The van der Waals surface area contributed by atoms with E-state index in [0.29, 0.717) is 57.7 Å². The molecular formula is C24H21N5O4. The Labute approximate surface area is 188 Å². The van der Waals surface area contributed by atoms with Gasteiger partial charge in [0.05, 0.1) is 22.3 Å². The van der Waals surface area contributed by atoms with Crippen LogP contribution in [0.4, 0.5) is 5.69 Å². The van der Waals surface area contributed by atoms with Crippen LogP contribution in [0.15, 0.2) is 49.8 Å². The maximum Gasteiger partial charge on any atom is 0.259 e. The van der Waals surface area contributed by atoms with Crippen LogP contribution >= 0.6 is 0 Å². The lowest BCUT2D eigenvalue weighted by Gasteiger charge is -2.08. The summed E-state index contributed by atoms with van der Waals surface area (Å²) in [5, 5.41) is 15.5. The molecule has 33 heavy (non-hydrogen) atoms. The SMILES string of the molecule is CCc1nnc(-c2ccc(NC(=O)c3cc(-c4cc(C)oc4C)nc4onc(C)c34)cc2)o1. The fourth-order valence-electron chi connectivity index (χ4n) is 3.70. The Morgan fingerprint density at radius 3 is 2.48 bits per heavy atom. The number of fused-ring (bicyclic) bond motifs is 1. The van der Waals surface area contributed by atoms with E-state index in [1.807, 2.05) is 39.0 Å². The Balaban J connectivity index is 1.47. The van der Waals surface area contributed by atoms with Gasteiger partial charge in [-0.05, 0) is 57.2 Å². The zero-order valence-electron chi connectivity index (χ0n) is 18.6. The number of anilines is 1. The summed E-state index contributed by atoms with van der Waals surface area (Å²) in [6.45, 7) is 7.45. The van der Waals surface area contributed by atoms with Gasteiger partial charge in [0.1, 0.15) is 11.5 Å². The summed E-state index contributed by atoms with van der Waals surface area (Å²) in [6, 6.07) is 10.8. The second kappa shape index (κ2) is 8.01. The van der Waals surface area contributed by atoms with Gasteiger partial charge in [-0.2, -0.15) is 0 Å². The lowest BCUT2D eigenvalue weighted by molar-refractivity contribution is 0.102. The molecule has 1 aromatic carbocycles. The molecule has 0 atom stereocenters. The van der Waals surface area contributed by atoms with Gasteiger partial charge < -0.3 is 18.7 Å². The number of aromatic nitrogens is 4. The second-order valence-electron chi connectivity index (χ2n) is 7.72. The van der Waals surface area contributed by atoms with E-state index in [2.05, 4.69) is 25.7 Å². The molecule has 4 heterocycles. The van der Waals surface area contributed by atoms with Crippen LogP contribution in [0.3, 0.4) is 0 Å². The predicted molar refractivity (Wildman–Crippen MR) is 121 cm³/mol. The summed E-state index contributed by atoms with van der Waals surface area (Å²) in [6.07, 6.45) is 0.670. The van der Waals surface area contributed by atoms with Gasteiger partial charge in [-0.3, -0.25) is 4.79 Å². The van der Waals surface area contributed by atoms with Crippen molar-refractivity contribution in [1.29, 1.82) is 0 Å². The monoisotopic (exact) mass is 443 g/mol. The Kier molecular flexibility index (Phi) is 5.01. The highest BCUT2D eigenvalue weighted by Gasteiger charge is 2.21. The Bertz CT molecular complexity index is 1480. The molecule has 5 aromatic rings. The van der Waals surface area contributed by atoms with E-state index in [1.165, 1.54) is 0 Å². The molecule has 9 heteroatoms. The maximum absolute atomic E-state index is 13.3. The zero-order valence-corrected chi connectivity index (χ0v) is 18.6. The number of hydrogen-bond acceptors (Lipinski definition) is 8. The number of nitrogens with zero attached hydrogens (tertiary/aromatic N) is 4. The molecule has 0 aliphatic carbocycles. The van der Waals surface area contributed by atoms with Crippen LogP contribution in [0.2, 0.25) is 0 Å². The van der Waals surface area contributed by atoms with Gasteiger partial charge in [0, 0.05) is 23.2 Å². The predicted octanol–water partition coefficient (Wildman–Crippen LogP) is 5.27. The summed E-state index contributed by atoms with van der Waals surface area (Å²) in [5.74, 6) is 2.19. The van der Waals surface area contributed by atoms with Crippen LogP contribution in [0.5, 0.6) is 0 Å². The van der Waals surface area contributed by atoms with Gasteiger partial charge in [0.2, 0.25) is 11.8 Å². The number of aryl methyl sites for hydroxylation is 4. The fourth-order valence-corrected chi connectivity index (χ4v) is 3.70. The molecule has 0 fully saturated rings. The molecule has 0 bridgehead atoms. The summed E-state index contributed by atoms with van der Waals surface area (Å²) in [5.41, 5.74) is 4.08. The van der Waals surface area contributed by atoms with Crippen LogP contribution in [0, 0.1) is 20.8 Å². The number of benzene rings is 1. The van der Waals surface area contributed by atoms with Crippen molar-refractivity contribution in [1.82, 2.24) is 20.3 Å². The first-order chi connectivity index (χ1) is 15.9. The topological polar surface area (TPSA) is 120 Å². The van der Waals surface area contributed by atoms with Crippen molar-refractivity contribution in [2.75, 3.05) is 5.32 Å². The van der Waals surface area contributed by atoms with E-state index in [4.69, 9.17) is 13.4 Å². The summed E-state index contributed by atoms with van der Waals surface area (Å²) >= 11 is 0. The van der Waals surface area contributed by atoms with Crippen molar-refractivity contribution < 1.29 is 18.2 Å². The lowest BCUT2D eigenvalue weighted by atomic mass is 10.1. The van der Waals surface area contributed by atoms with E-state index in [9.17, 15) is 4.79 Å². The smallest absolute Gasteiger partial charge is 0.259 e. The molecule has 0 saturated carbocycles. The van der Waals surface area contributed by atoms with E-state index in [-0.39, 0.29) is 5.91 Å². The number of carbonyl (C=O) groups excluding carboxylic acids is 1. The molecule has 166 valence electrons. The Hall–Kier alpha value is -4.27. The molecule has 0 radical (unpaired) electrons. The van der Waals surface area contributed by atoms with Crippen LogP contribution in [-0.4, -0.2) is 26.2 Å². The average Bonchev–Trinajstić information content (AvgIpc) is 3.52. The van der Waals surface area contributed by atoms with Gasteiger partial charge >= 0.3 is 0 Å². The minimum absolute atomic E-state index is 0.298. The van der Waals surface area contributed by atoms with Crippen LogP contribution < -0.4 is 5.32 Å². The van der Waals surface area contributed by atoms with Crippen molar-refractivity contribution in [2.45, 2.75) is 34.1 Å². The van der Waals surface area contributed by atoms with Crippen LogP contribution in [0.25, 0.3) is 33.8 Å². The lowest BCUT2D eigenvalue weighted by Crippen LogP contribution is -2.13. The van der Waals surface area contributed by atoms with Crippen molar-refractivity contribution in [2.24, 2.45) is 0 Å². The van der Waals surface area contributed by atoms with Crippen molar-refractivity contribution >= 4 is 22.7 Å². The van der Waals surface area contributed by atoms with Gasteiger partial charge in [0.25, 0.3) is 11.6 Å². The highest BCUT2D eigenvalue weighted by Crippen LogP contribution is 2.31. The van der Waals surface area contributed by atoms with Gasteiger partial charge in [-0.15, -0.1) is 10.2 Å². The fraction of sp³-hybridized carbons (Fsp3) is 0.208. The van der Waals surface area contributed by atoms with Crippen molar-refractivity contribution in [3.8, 4) is 22.7 Å². The van der Waals surface area contributed by atoms with Gasteiger partial charge in [-0.25, -0.2) is 4.98 Å². The van der Waals surface area contributed by atoms with E-state index < -0.39 is 0 Å². The molecular weight excluding hydrogens is 422 g/mol. The number of amides is 1. The number of rotatable bonds is 5. The van der Waals surface area contributed by atoms with E-state index in [1.54, 1.807) is 25.1 Å². The molecule has 1 amide bonds. The molecule has 0 unspecified atom stereocenters. The quantitative estimate of drug-likeness (QED) is 0.390. The second-order valence-corrected chi connectivity index (χ2v) is 7.72. The molecule has 0 spiro atoms. The van der Waals surface area contributed by atoms with Crippen molar-refractivity contribution in [3.05, 3.63) is 65.1 Å². The summed E-state index contributed by atoms with van der Waals surface area (Å²) < 4.78 is 16.6. The third-order valence-corrected chi connectivity index (χ3v) is 5.34. The molecule has 0 aliphatic rings. The molecule has 0 aliphatic heterocycles. The zero-order chi connectivity index (χ0) is 23.1. The number of pyridine rings is 1. The molecule has 5 rings (SSSR count). The first-order valence-electron chi connectivity index (χ1n) is 10.5. The Morgan fingerprint density at radius 1 is 1.03 bits per heavy atom. The number of carbonyl (C=O) groups is 1. The van der Waals surface area contributed by atoms with Crippen molar-refractivity contribution in [3.63, 3.8) is 0 Å². The summed E-state index contributed by atoms with van der Waals surface area (Å²) in [4.78, 5) is 17.8. The minimum Gasteiger partial charge on any atom is -0.466 e. The highest BCUT2D eigenvalue weighted by molar-refractivity contribution is 6.13. The number of hydrogen-bond donors (Lipinski definition) is 1. The minimum atomic E-state index is -0.299. The van der Waals surface area contributed by atoms with Gasteiger partial charge in [0.15, 0.2) is 0 Å². The average molecular weight is 443 g/mol. The first kappa shape index (κ1) is 20.6. The molecule has 0 saturated heterocycles. The molecule has 9 nitrogen and oxygen atoms in total. The summed E-state index contributed by atoms with van der Waals surface area (Å²) in [7, 11) is 0. The largest absolute Gasteiger partial charge is 0.466 e. The van der Waals surface area contributed by atoms with Crippen LogP contribution in [-0.2, 0) is 6.42 Å². The van der Waals surface area contributed by atoms with E-state index in [0.717, 1.165) is 16.9 Å². The standard InChI is InChI=1S/C24H21N5O4/c1-5-20-27-28-23(32-20)15-6-8-16(9-7-15)25-22(30)18-11-19(17-10-12(2)31-14(17)4)26-24-21(18)13(3)29-33-24/h6-11H,5H2,1-4H3,(H,25,30). The Morgan fingerprint density at radius 2 is 1.82 bits per heavy atom. The highest BCUT2D eigenvalue weighted by atomic mass is 16.5. The maximum atomic E-state index is 13.3. The third kappa shape index (κ3) is 3.78. The number of nitrogens with one attached hydrogen (secondary N) is 1.